The maximum Gasteiger partial charge on any atom is 0.279 e. The molecule has 7 nitrogen and oxygen atoms in total. The molecule has 0 aliphatic carbocycles. The lowest BCUT2D eigenvalue weighted by atomic mass is 9.98. The average molecular weight is 572 g/mol. The second-order valence-corrected chi connectivity index (χ2v) is 11.0. The first kappa shape index (κ1) is 23.6. The fourth-order valence-corrected chi connectivity index (χ4v) is 5.99. The summed E-state index contributed by atoms with van der Waals surface area (Å²) in [5.74, 6) is -0.583. The summed E-state index contributed by atoms with van der Waals surface area (Å²) in [6.45, 7) is 0. The fraction of sp³-hybridized carbons (Fsp3) is 0.143. The standard InChI is InChI=1S/C28H22BrN5O2S/c1-33(2)19-11-8-17(9-12-19)23-15-22(16-6-4-3-5-7-16)32-34(23)28-31-27(36)25(37-28)24-20-14-18(29)10-13-21(20)30-26(24)35/h3-14,23,36H,15H2,1-2H3. The van der Waals surface area contributed by atoms with Crippen LogP contribution in [-0.4, -0.2) is 35.8 Å². The molecule has 1 unspecified atom stereocenters. The Labute approximate surface area is 225 Å². The largest absolute Gasteiger partial charge is 0.492 e. The average Bonchev–Trinajstić information content (AvgIpc) is 3.59. The Hall–Kier alpha value is -3.82. The number of aromatic nitrogens is 1. The Bertz CT molecular complexity index is 1680. The number of carbonyl (C=O) groups excluding carboxylic acids is 1. The number of benzene rings is 3. The van der Waals surface area contributed by atoms with Crippen molar-refractivity contribution in [3.63, 3.8) is 0 Å². The van der Waals surface area contributed by atoms with Crippen molar-refractivity contribution in [2.24, 2.45) is 10.1 Å². The minimum Gasteiger partial charge on any atom is -0.492 e. The summed E-state index contributed by atoms with van der Waals surface area (Å²) in [4.78, 5) is 23.9. The third kappa shape index (κ3) is 4.24. The molecule has 1 N–H and O–H groups in total. The van der Waals surface area contributed by atoms with Gasteiger partial charge in [-0.3, -0.25) is 4.79 Å². The van der Waals surface area contributed by atoms with Gasteiger partial charge in [-0.2, -0.15) is 10.1 Å². The first-order valence-electron chi connectivity index (χ1n) is 11.7. The van der Waals surface area contributed by atoms with E-state index >= 15 is 0 Å². The topological polar surface area (TPSA) is 81.4 Å². The summed E-state index contributed by atoms with van der Waals surface area (Å²) in [6, 6.07) is 23.8. The van der Waals surface area contributed by atoms with E-state index in [0.29, 0.717) is 32.6 Å². The second-order valence-electron chi connectivity index (χ2n) is 9.07. The summed E-state index contributed by atoms with van der Waals surface area (Å²) in [6.07, 6.45) is 0.682. The van der Waals surface area contributed by atoms with Crippen LogP contribution in [0.3, 0.4) is 0 Å². The zero-order chi connectivity index (χ0) is 25.7. The Morgan fingerprint density at radius 3 is 2.54 bits per heavy atom. The van der Waals surface area contributed by atoms with Gasteiger partial charge < -0.3 is 10.0 Å². The number of hydrazone groups is 1. The Kier molecular flexibility index (Phi) is 5.89. The van der Waals surface area contributed by atoms with E-state index < -0.39 is 0 Å². The first-order valence-corrected chi connectivity index (χ1v) is 13.3. The number of hydrogen-bond donors (Lipinski definition) is 1. The van der Waals surface area contributed by atoms with Gasteiger partial charge in [0, 0.05) is 35.9 Å². The van der Waals surface area contributed by atoms with Crippen molar-refractivity contribution in [1.82, 2.24) is 4.98 Å². The van der Waals surface area contributed by atoms with Crippen LogP contribution in [0.1, 0.15) is 28.5 Å². The number of amides is 1. The van der Waals surface area contributed by atoms with Crippen LogP contribution in [-0.2, 0) is 4.79 Å². The van der Waals surface area contributed by atoms with Crippen molar-refractivity contribution < 1.29 is 9.90 Å². The molecule has 6 rings (SSSR count). The quantitative estimate of drug-likeness (QED) is 0.384. The van der Waals surface area contributed by atoms with Crippen molar-refractivity contribution in [2.45, 2.75) is 12.5 Å². The molecule has 3 heterocycles. The molecule has 0 bridgehead atoms. The van der Waals surface area contributed by atoms with E-state index in [0.717, 1.165) is 27.0 Å². The molecule has 3 aromatic carbocycles. The molecule has 9 heteroatoms. The van der Waals surface area contributed by atoms with Crippen molar-refractivity contribution >= 4 is 55.3 Å². The molecule has 0 saturated heterocycles. The Morgan fingerprint density at radius 1 is 1.05 bits per heavy atom. The lowest BCUT2D eigenvalue weighted by Crippen LogP contribution is -2.22. The highest BCUT2D eigenvalue weighted by molar-refractivity contribution is 9.10. The number of anilines is 2. The SMILES string of the molecule is CN(C)c1ccc(C2CC(c3ccccc3)=NN2c2nc(O)c(C3=c4cc(Br)ccc4=NC3=O)s2)cc1. The van der Waals surface area contributed by atoms with Crippen molar-refractivity contribution in [3.8, 4) is 5.88 Å². The maximum atomic E-state index is 12.8. The van der Waals surface area contributed by atoms with E-state index in [1.165, 1.54) is 11.3 Å². The number of carbonyl (C=O) groups is 1. The molecule has 0 saturated carbocycles. The summed E-state index contributed by atoms with van der Waals surface area (Å²) >= 11 is 4.72. The van der Waals surface area contributed by atoms with E-state index in [2.05, 4.69) is 55.1 Å². The number of fused-ring (bicyclic) bond motifs is 1. The molecule has 4 aromatic rings. The van der Waals surface area contributed by atoms with Gasteiger partial charge in [0.25, 0.3) is 5.91 Å². The van der Waals surface area contributed by atoms with Crippen LogP contribution in [0.2, 0.25) is 0 Å². The van der Waals surface area contributed by atoms with Crippen LogP contribution in [0.5, 0.6) is 5.88 Å². The van der Waals surface area contributed by atoms with Crippen LogP contribution in [0.25, 0.3) is 5.57 Å². The fourth-order valence-electron chi connectivity index (χ4n) is 4.61. The monoisotopic (exact) mass is 571 g/mol. The summed E-state index contributed by atoms with van der Waals surface area (Å²) in [5, 5.41) is 19.5. The third-order valence-corrected chi connectivity index (χ3v) is 8.04. The lowest BCUT2D eigenvalue weighted by Gasteiger charge is -2.22. The predicted molar refractivity (Wildman–Crippen MR) is 150 cm³/mol. The molecular formula is C28H22BrN5O2S. The molecule has 0 radical (unpaired) electrons. The normalized spacial score (nSPS) is 16.6. The van der Waals surface area contributed by atoms with Gasteiger partial charge in [0.15, 0.2) is 0 Å². The molecule has 1 amide bonds. The van der Waals surface area contributed by atoms with E-state index in [4.69, 9.17) is 5.10 Å². The number of hydrogen-bond acceptors (Lipinski definition) is 7. The van der Waals surface area contributed by atoms with Gasteiger partial charge in [0.1, 0.15) is 4.88 Å². The van der Waals surface area contributed by atoms with Gasteiger partial charge in [-0.05, 0) is 41.5 Å². The minimum atomic E-state index is -0.385. The molecule has 1 atom stereocenters. The number of aromatic hydroxyl groups is 1. The van der Waals surface area contributed by atoms with Gasteiger partial charge in [0.05, 0.1) is 22.7 Å². The minimum absolute atomic E-state index is 0.111. The van der Waals surface area contributed by atoms with Gasteiger partial charge in [-0.25, -0.2) is 10.0 Å². The van der Waals surface area contributed by atoms with Crippen molar-refractivity contribution in [2.75, 3.05) is 24.0 Å². The molecular weight excluding hydrogens is 550 g/mol. The molecule has 37 heavy (non-hydrogen) atoms. The smallest absolute Gasteiger partial charge is 0.279 e. The summed E-state index contributed by atoms with van der Waals surface area (Å²) in [7, 11) is 4.02. The maximum absolute atomic E-state index is 12.8. The molecule has 1 aromatic heterocycles. The van der Waals surface area contributed by atoms with Crippen LogP contribution in [0.4, 0.5) is 10.8 Å². The van der Waals surface area contributed by atoms with Crippen LogP contribution in [0, 0.1) is 0 Å². The third-order valence-electron chi connectivity index (χ3n) is 6.50. The number of halogens is 1. The van der Waals surface area contributed by atoms with Crippen LogP contribution < -0.4 is 20.5 Å². The number of nitrogens with zero attached hydrogens (tertiary/aromatic N) is 5. The van der Waals surface area contributed by atoms with E-state index in [1.807, 2.05) is 61.6 Å². The molecule has 184 valence electrons. The first-order chi connectivity index (χ1) is 17.9. The second kappa shape index (κ2) is 9.24. The number of rotatable bonds is 5. The highest BCUT2D eigenvalue weighted by Crippen LogP contribution is 2.43. The zero-order valence-electron chi connectivity index (χ0n) is 20.1. The lowest BCUT2D eigenvalue weighted by molar-refractivity contribution is -0.112. The van der Waals surface area contributed by atoms with Crippen molar-refractivity contribution in [3.05, 3.63) is 104 Å². The molecule has 0 fully saturated rings. The molecule has 0 spiro atoms. The summed E-state index contributed by atoms with van der Waals surface area (Å²) in [5.41, 5.74) is 4.53. The predicted octanol–water partition coefficient (Wildman–Crippen LogP) is 4.39. The van der Waals surface area contributed by atoms with E-state index in [9.17, 15) is 9.90 Å². The Morgan fingerprint density at radius 2 is 1.81 bits per heavy atom. The van der Waals surface area contributed by atoms with Gasteiger partial charge in [-0.1, -0.05) is 69.7 Å². The van der Waals surface area contributed by atoms with Crippen molar-refractivity contribution in [1.29, 1.82) is 0 Å². The number of thiazole rings is 1. The van der Waals surface area contributed by atoms with E-state index in [1.54, 1.807) is 6.07 Å². The van der Waals surface area contributed by atoms with Gasteiger partial charge >= 0.3 is 0 Å². The Balaban J connectivity index is 1.45. The van der Waals surface area contributed by atoms with Gasteiger partial charge in [-0.15, -0.1) is 0 Å². The van der Waals surface area contributed by atoms with Crippen LogP contribution in [0.15, 0.2) is 87.4 Å². The van der Waals surface area contributed by atoms with E-state index in [-0.39, 0.29) is 17.8 Å². The highest BCUT2D eigenvalue weighted by Gasteiger charge is 2.34. The summed E-state index contributed by atoms with van der Waals surface area (Å²) < 4.78 is 0.829. The molecule has 2 aliphatic heterocycles. The molecule has 2 aliphatic rings. The van der Waals surface area contributed by atoms with Gasteiger partial charge in [0.2, 0.25) is 11.0 Å². The van der Waals surface area contributed by atoms with Crippen LogP contribution >= 0.6 is 27.3 Å². The zero-order valence-corrected chi connectivity index (χ0v) is 22.5. The highest BCUT2D eigenvalue weighted by atomic mass is 79.9.